The number of hydrogen-bond donors (Lipinski definition) is 1. The molecule has 1 N–H and O–H groups in total. The van der Waals surface area contributed by atoms with E-state index in [0.717, 1.165) is 23.5 Å². The van der Waals surface area contributed by atoms with Crippen molar-refractivity contribution >= 4 is 26.5 Å². The molecule has 4 rings (SSSR count). The molecule has 0 saturated carbocycles. The number of nitrogens with zero attached hydrogens (tertiary/aromatic N) is 2. The summed E-state index contributed by atoms with van der Waals surface area (Å²) >= 11 is 1.06. The maximum Gasteiger partial charge on any atom is 0.391 e. The maximum absolute atomic E-state index is 14.8. The fourth-order valence-corrected chi connectivity index (χ4v) is 5.80. The third-order valence-electron chi connectivity index (χ3n) is 5.45. The molecule has 0 aliphatic carbocycles. The monoisotopic (exact) mass is 465 g/mol. The predicted molar refractivity (Wildman–Crippen MR) is 103 cm³/mol. The molecule has 1 aromatic heterocycles. The Morgan fingerprint density at radius 3 is 2.57 bits per heavy atom. The van der Waals surface area contributed by atoms with Crippen LogP contribution < -0.4 is 9.46 Å². The van der Waals surface area contributed by atoms with Crippen LogP contribution in [-0.4, -0.2) is 44.2 Å². The summed E-state index contributed by atoms with van der Waals surface area (Å²) in [6.07, 6.45) is -2.32. The van der Waals surface area contributed by atoms with E-state index in [2.05, 4.69) is 9.71 Å². The highest BCUT2D eigenvalue weighted by molar-refractivity contribution is 7.93. The minimum atomic E-state index is -4.21. The number of piperidine rings is 1. The first-order chi connectivity index (χ1) is 14.1. The lowest BCUT2D eigenvalue weighted by Gasteiger charge is -2.40. The number of benzene rings is 1. The fraction of sp³-hybridized carbons (Fsp3) is 0.500. The van der Waals surface area contributed by atoms with Crippen LogP contribution in [0.1, 0.15) is 30.9 Å². The lowest BCUT2D eigenvalue weighted by molar-refractivity contribution is -0.186. The molecule has 30 heavy (non-hydrogen) atoms. The number of ether oxygens (including phenoxy) is 1. The number of sulfonamides is 1. The number of fused-ring (bicyclic) bond motifs is 1. The molecule has 0 amide bonds. The Bertz CT molecular complexity index is 1000. The van der Waals surface area contributed by atoms with Gasteiger partial charge in [-0.15, -0.1) is 11.3 Å². The molecule has 2 aliphatic rings. The molecule has 3 heterocycles. The molecule has 164 valence electrons. The normalized spacial score (nSPS) is 21.1. The number of hydrogen-bond acceptors (Lipinski definition) is 6. The minimum absolute atomic E-state index is 0.0110. The smallest absolute Gasteiger partial charge is 0.391 e. The Labute approximate surface area is 174 Å². The molecule has 12 heteroatoms. The number of anilines is 1. The summed E-state index contributed by atoms with van der Waals surface area (Å²) in [5.41, 5.74) is 0.456. The van der Waals surface area contributed by atoms with Crippen molar-refractivity contribution in [2.45, 2.75) is 36.4 Å². The van der Waals surface area contributed by atoms with E-state index < -0.39 is 32.8 Å². The molecule has 1 fully saturated rings. The van der Waals surface area contributed by atoms with Crippen LogP contribution in [0.2, 0.25) is 0 Å². The van der Waals surface area contributed by atoms with Crippen molar-refractivity contribution in [3.05, 3.63) is 35.1 Å². The van der Waals surface area contributed by atoms with E-state index in [4.69, 9.17) is 4.74 Å². The number of rotatable bonds is 4. The average Bonchev–Trinajstić information content (AvgIpc) is 3.18. The Kier molecular flexibility index (Phi) is 5.66. The number of halogens is 4. The molecular weight excluding hydrogens is 446 g/mol. The van der Waals surface area contributed by atoms with Crippen LogP contribution in [0.15, 0.2) is 28.6 Å². The van der Waals surface area contributed by atoms with Crippen LogP contribution in [-0.2, 0) is 10.0 Å². The summed E-state index contributed by atoms with van der Waals surface area (Å²) in [5.74, 6) is -2.04. The lowest BCUT2D eigenvalue weighted by Crippen LogP contribution is -2.42. The highest BCUT2D eigenvalue weighted by Gasteiger charge is 2.42. The van der Waals surface area contributed by atoms with E-state index in [1.54, 1.807) is 5.38 Å². The van der Waals surface area contributed by atoms with Crippen molar-refractivity contribution < 1.29 is 30.7 Å². The van der Waals surface area contributed by atoms with E-state index in [0.29, 0.717) is 12.0 Å². The largest absolute Gasteiger partial charge is 0.493 e. The van der Waals surface area contributed by atoms with Gasteiger partial charge in [0.1, 0.15) is 16.5 Å². The van der Waals surface area contributed by atoms with Gasteiger partial charge in [0.2, 0.25) is 0 Å². The number of alkyl halides is 3. The van der Waals surface area contributed by atoms with Crippen molar-refractivity contribution in [3.63, 3.8) is 0 Å². The molecule has 0 spiro atoms. The topological polar surface area (TPSA) is 71.5 Å². The first-order valence-electron chi connectivity index (χ1n) is 9.34. The van der Waals surface area contributed by atoms with E-state index >= 15 is 0 Å². The molecule has 0 radical (unpaired) electrons. The summed E-state index contributed by atoms with van der Waals surface area (Å²) in [6.45, 7) is 0.741. The van der Waals surface area contributed by atoms with Crippen LogP contribution in [0, 0.1) is 11.7 Å². The second kappa shape index (κ2) is 7.97. The van der Waals surface area contributed by atoms with Gasteiger partial charge in [0.15, 0.2) is 5.13 Å². The van der Waals surface area contributed by atoms with Crippen molar-refractivity contribution in [3.8, 4) is 5.75 Å². The van der Waals surface area contributed by atoms with Crippen LogP contribution >= 0.6 is 11.3 Å². The average molecular weight is 465 g/mol. The number of nitrogens with one attached hydrogen (secondary N) is 1. The van der Waals surface area contributed by atoms with Gasteiger partial charge in [0, 0.05) is 35.7 Å². The lowest BCUT2D eigenvalue weighted by atomic mass is 9.92. The second-order valence-electron chi connectivity index (χ2n) is 7.27. The number of thiazole rings is 1. The van der Waals surface area contributed by atoms with Crippen LogP contribution in [0.5, 0.6) is 5.75 Å². The van der Waals surface area contributed by atoms with Gasteiger partial charge in [0.25, 0.3) is 10.0 Å². The number of likely N-dealkylation sites (tertiary alicyclic amines) is 1. The van der Waals surface area contributed by atoms with E-state index in [1.807, 2.05) is 4.90 Å². The van der Waals surface area contributed by atoms with E-state index in [9.17, 15) is 26.0 Å². The number of aromatic nitrogens is 1. The van der Waals surface area contributed by atoms with Gasteiger partial charge < -0.3 is 4.74 Å². The molecule has 0 unspecified atom stereocenters. The molecule has 1 aromatic carbocycles. The summed E-state index contributed by atoms with van der Waals surface area (Å²) in [5, 5.41) is 1.69. The first-order valence-corrected chi connectivity index (χ1v) is 11.7. The summed E-state index contributed by atoms with van der Waals surface area (Å²) in [6, 6.07) is 1.93. The first kappa shape index (κ1) is 21.3. The Morgan fingerprint density at radius 2 is 1.93 bits per heavy atom. The quantitative estimate of drug-likeness (QED) is 0.686. The zero-order chi connectivity index (χ0) is 21.5. The summed E-state index contributed by atoms with van der Waals surface area (Å²) in [4.78, 5) is 5.16. The standard InChI is InChI=1S/C18H19F4N3O3S2/c19-13-9-12-14(25-5-1-11(2-6-25)18(20,21)22)3-7-28-15(12)10-16(13)30(26,27)24-17-23-4-8-29-17/h4,8-11,14H,1-3,5-7H2,(H,23,24)/t14-/m1/s1. The third-order valence-corrected chi connectivity index (χ3v) is 7.62. The highest BCUT2D eigenvalue weighted by Crippen LogP contribution is 2.42. The van der Waals surface area contributed by atoms with Gasteiger partial charge in [0.05, 0.1) is 12.5 Å². The Morgan fingerprint density at radius 1 is 1.20 bits per heavy atom. The van der Waals surface area contributed by atoms with Crippen molar-refractivity contribution in [1.29, 1.82) is 0 Å². The summed E-state index contributed by atoms with van der Waals surface area (Å²) < 4.78 is 86.5. The highest BCUT2D eigenvalue weighted by atomic mass is 32.2. The van der Waals surface area contributed by atoms with Crippen molar-refractivity contribution in [1.82, 2.24) is 9.88 Å². The van der Waals surface area contributed by atoms with Crippen molar-refractivity contribution in [2.24, 2.45) is 5.92 Å². The van der Waals surface area contributed by atoms with Crippen molar-refractivity contribution in [2.75, 3.05) is 24.4 Å². The van der Waals surface area contributed by atoms with Gasteiger partial charge in [-0.05, 0) is 32.0 Å². The second-order valence-corrected chi connectivity index (χ2v) is 9.81. The molecular formula is C18H19F4N3O3S2. The predicted octanol–water partition coefficient (Wildman–Crippen LogP) is 4.18. The van der Waals surface area contributed by atoms with Gasteiger partial charge in [-0.2, -0.15) is 13.2 Å². The molecule has 2 aliphatic heterocycles. The van der Waals surface area contributed by atoms with Gasteiger partial charge in [-0.25, -0.2) is 17.8 Å². The molecule has 2 aromatic rings. The van der Waals surface area contributed by atoms with Gasteiger partial charge in [-0.1, -0.05) is 0 Å². The molecule has 6 nitrogen and oxygen atoms in total. The van der Waals surface area contributed by atoms with Crippen LogP contribution in [0.25, 0.3) is 0 Å². The van der Waals surface area contributed by atoms with Crippen LogP contribution in [0.3, 0.4) is 0 Å². The molecule has 0 bridgehead atoms. The van der Waals surface area contributed by atoms with Crippen LogP contribution in [0.4, 0.5) is 22.7 Å². The zero-order valence-corrected chi connectivity index (χ0v) is 17.3. The SMILES string of the molecule is O=S(=O)(Nc1nccs1)c1cc2c(cc1F)[C@H](N1CCC(C(F)(F)F)CC1)CCO2. The maximum atomic E-state index is 14.8. The summed E-state index contributed by atoms with van der Waals surface area (Å²) in [7, 11) is -4.21. The Balaban J connectivity index is 1.57. The molecule has 1 saturated heterocycles. The minimum Gasteiger partial charge on any atom is -0.493 e. The van der Waals surface area contributed by atoms with E-state index in [-0.39, 0.29) is 49.5 Å². The fourth-order valence-electron chi connectivity index (χ4n) is 3.94. The van der Waals surface area contributed by atoms with Gasteiger partial charge >= 0.3 is 6.18 Å². The molecule has 1 atom stereocenters. The third kappa shape index (κ3) is 4.26. The Hall–Kier alpha value is -1.92. The van der Waals surface area contributed by atoms with Gasteiger partial charge in [-0.3, -0.25) is 9.62 Å². The van der Waals surface area contributed by atoms with E-state index in [1.165, 1.54) is 6.20 Å². The zero-order valence-electron chi connectivity index (χ0n) is 15.7.